The molecule has 1 saturated heterocycles. The molecule has 1 aliphatic carbocycles. The number of nitrogens with zero attached hydrogens (tertiary/aromatic N) is 4. The number of fused-ring (bicyclic) bond motifs is 1. The Morgan fingerprint density at radius 2 is 2.03 bits per heavy atom. The van der Waals surface area contributed by atoms with Crippen molar-refractivity contribution in [3.05, 3.63) is 45.9 Å². The van der Waals surface area contributed by atoms with Crippen LogP contribution in [0.25, 0.3) is 0 Å². The van der Waals surface area contributed by atoms with Gasteiger partial charge in [-0.2, -0.15) is 5.26 Å². The molecule has 2 N–H and O–H groups in total. The van der Waals surface area contributed by atoms with Gasteiger partial charge < -0.3 is 10.6 Å². The Balaban J connectivity index is 1.77. The van der Waals surface area contributed by atoms with Crippen molar-refractivity contribution in [3.63, 3.8) is 0 Å². The largest absolute Gasteiger partial charge is 0.398 e. The van der Waals surface area contributed by atoms with E-state index in [-0.39, 0.29) is 5.92 Å². The van der Waals surface area contributed by atoms with Crippen LogP contribution in [0.4, 0.5) is 11.5 Å². The topological polar surface area (TPSA) is 78.8 Å². The van der Waals surface area contributed by atoms with Gasteiger partial charge in [-0.15, -0.1) is 0 Å². The Hall–Kier alpha value is -2.61. The fraction of sp³-hybridized carbons (Fsp3) is 0.577. The summed E-state index contributed by atoms with van der Waals surface area (Å²) >= 11 is 0. The summed E-state index contributed by atoms with van der Waals surface area (Å²) in [6, 6.07) is 7.08. The molecule has 3 unspecified atom stereocenters. The summed E-state index contributed by atoms with van der Waals surface area (Å²) in [5.74, 6) is 2.79. The van der Waals surface area contributed by atoms with Crippen LogP contribution in [-0.2, 0) is 19.3 Å². The Labute approximate surface area is 186 Å². The summed E-state index contributed by atoms with van der Waals surface area (Å²) in [5, 5.41) is 9.94. The van der Waals surface area contributed by atoms with Crippen LogP contribution in [0.1, 0.15) is 99.0 Å². The predicted octanol–water partition coefficient (Wildman–Crippen LogP) is 5.27. The SMILES string of the molecule is CCc1nc2c(c(N3CCC3CC)n1)CCC(c1c(C(C)CC)ccc(N)c1C#N)C2. The Morgan fingerprint density at radius 1 is 1.23 bits per heavy atom. The molecule has 2 heterocycles. The molecule has 0 spiro atoms. The minimum atomic E-state index is 0.278. The van der Waals surface area contributed by atoms with Crippen LogP contribution in [0.5, 0.6) is 0 Å². The number of nitriles is 1. The third kappa shape index (κ3) is 3.78. The molecular formula is C26H35N5. The number of aromatic nitrogens is 2. The van der Waals surface area contributed by atoms with E-state index in [2.05, 4.69) is 44.7 Å². The summed E-state index contributed by atoms with van der Waals surface area (Å²) in [5.41, 5.74) is 12.5. The van der Waals surface area contributed by atoms with E-state index < -0.39 is 0 Å². The minimum absolute atomic E-state index is 0.278. The molecule has 1 aliphatic heterocycles. The second-order valence-electron chi connectivity index (χ2n) is 9.18. The highest BCUT2D eigenvalue weighted by Gasteiger charge is 2.34. The first-order valence-corrected chi connectivity index (χ1v) is 12.0. The van der Waals surface area contributed by atoms with Crippen LogP contribution in [0.3, 0.4) is 0 Å². The number of aryl methyl sites for hydroxylation is 1. The van der Waals surface area contributed by atoms with Crippen molar-refractivity contribution in [2.75, 3.05) is 17.2 Å². The average molecular weight is 418 g/mol. The van der Waals surface area contributed by atoms with Crippen molar-refractivity contribution in [1.82, 2.24) is 9.97 Å². The lowest BCUT2D eigenvalue weighted by molar-refractivity contribution is 0.428. The molecule has 1 fully saturated rings. The molecule has 5 nitrogen and oxygen atoms in total. The predicted molar refractivity (Wildman–Crippen MR) is 126 cm³/mol. The van der Waals surface area contributed by atoms with Gasteiger partial charge in [0, 0.05) is 30.3 Å². The molecule has 1 aromatic carbocycles. The highest BCUT2D eigenvalue weighted by Crippen LogP contribution is 2.42. The van der Waals surface area contributed by atoms with Gasteiger partial charge in [0.25, 0.3) is 0 Å². The molecular weight excluding hydrogens is 382 g/mol. The van der Waals surface area contributed by atoms with Gasteiger partial charge in [0.1, 0.15) is 17.7 Å². The number of nitrogen functional groups attached to an aromatic ring is 1. The maximum Gasteiger partial charge on any atom is 0.136 e. The van der Waals surface area contributed by atoms with E-state index in [9.17, 15) is 5.26 Å². The van der Waals surface area contributed by atoms with E-state index in [0.29, 0.717) is 23.2 Å². The average Bonchev–Trinajstić information content (AvgIpc) is 2.77. The first-order chi connectivity index (χ1) is 15.0. The van der Waals surface area contributed by atoms with Gasteiger partial charge >= 0.3 is 0 Å². The highest BCUT2D eigenvalue weighted by atomic mass is 15.3. The fourth-order valence-electron chi connectivity index (χ4n) is 5.30. The zero-order valence-electron chi connectivity index (χ0n) is 19.4. The molecule has 164 valence electrons. The molecule has 3 atom stereocenters. The van der Waals surface area contributed by atoms with E-state index in [4.69, 9.17) is 15.7 Å². The van der Waals surface area contributed by atoms with Crippen molar-refractivity contribution >= 4 is 11.5 Å². The smallest absolute Gasteiger partial charge is 0.136 e. The number of anilines is 2. The highest BCUT2D eigenvalue weighted by molar-refractivity contribution is 5.63. The third-order valence-corrected chi connectivity index (χ3v) is 7.48. The standard InChI is InChI=1S/C26H35N5/c1-5-16(4)19-10-11-22(28)21(15-27)25(19)17-8-9-20-23(14-17)29-24(7-3)30-26(20)31-13-12-18(31)6-2/h10-11,16-18H,5-9,12-14,28H2,1-4H3. The number of hydrogen-bond donors (Lipinski definition) is 1. The summed E-state index contributed by atoms with van der Waals surface area (Å²) in [6.07, 6.45) is 7.15. The lowest BCUT2D eigenvalue weighted by Crippen LogP contribution is -2.48. The summed E-state index contributed by atoms with van der Waals surface area (Å²) in [7, 11) is 0. The van der Waals surface area contributed by atoms with E-state index in [0.717, 1.165) is 56.5 Å². The van der Waals surface area contributed by atoms with Crippen LogP contribution >= 0.6 is 0 Å². The summed E-state index contributed by atoms with van der Waals surface area (Å²) in [4.78, 5) is 12.4. The van der Waals surface area contributed by atoms with Crippen LogP contribution in [0.2, 0.25) is 0 Å². The molecule has 2 aliphatic rings. The maximum atomic E-state index is 9.94. The molecule has 0 bridgehead atoms. The Kier molecular flexibility index (Phi) is 6.18. The quantitative estimate of drug-likeness (QED) is 0.648. The van der Waals surface area contributed by atoms with Gasteiger partial charge in [-0.25, -0.2) is 9.97 Å². The number of hydrogen-bond acceptors (Lipinski definition) is 5. The van der Waals surface area contributed by atoms with Gasteiger partial charge in [0.15, 0.2) is 0 Å². The van der Waals surface area contributed by atoms with Gasteiger partial charge in [0.2, 0.25) is 0 Å². The van der Waals surface area contributed by atoms with Crippen molar-refractivity contribution < 1.29 is 0 Å². The molecule has 0 saturated carbocycles. The zero-order valence-corrected chi connectivity index (χ0v) is 19.4. The zero-order chi connectivity index (χ0) is 22.1. The molecule has 0 radical (unpaired) electrons. The van der Waals surface area contributed by atoms with Gasteiger partial charge in [-0.05, 0) is 67.6 Å². The molecule has 1 aromatic heterocycles. The Morgan fingerprint density at radius 3 is 2.65 bits per heavy atom. The van der Waals surface area contributed by atoms with Crippen molar-refractivity contribution in [1.29, 1.82) is 5.26 Å². The van der Waals surface area contributed by atoms with E-state index >= 15 is 0 Å². The first-order valence-electron chi connectivity index (χ1n) is 12.0. The van der Waals surface area contributed by atoms with Crippen molar-refractivity contribution in [2.45, 2.75) is 90.5 Å². The van der Waals surface area contributed by atoms with E-state index in [1.54, 1.807) is 0 Å². The van der Waals surface area contributed by atoms with Crippen LogP contribution in [-0.4, -0.2) is 22.6 Å². The van der Waals surface area contributed by atoms with Crippen molar-refractivity contribution in [2.24, 2.45) is 0 Å². The van der Waals surface area contributed by atoms with Crippen LogP contribution < -0.4 is 10.6 Å². The lowest BCUT2D eigenvalue weighted by atomic mass is 9.76. The van der Waals surface area contributed by atoms with Crippen LogP contribution in [0.15, 0.2) is 12.1 Å². The maximum absolute atomic E-state index is 9.94. The summed E-state index contributed by atoms with van der Waals surface area (Å²) < 4.78 is 0. The summed E-state index contributed by atoms with van der Waals surface area (Å²) in [6.45, 7) is 9.95. The number of nitrogens with two attached hydrogens (primary N) is 1. The molecule has 31 heavy (non-hydrogen) atoms. The van der Waals surface area contributed by atoms with Crippen LogP contribution in [0, 0.1) is 11.3 Å². The molecule has 2 aromatic rings. The van der Waals surface area contributed by atoms with Crippen molar-refractivity contribution in [3.8, 4) is 6.07 Å². The fourth-order valence-corrected chi connectivity index (χ4v) is 5.30. The molecule has 0 amide bonds. The Bertz CT molecular complexity index is 1000. The second-order valence-corrected chi connectivity index (χ2v) is 9.18. The molecule has 4 rings (SSSR count). The van der Waals surface area contributed by atoms with Gasteiger partial charge in [-0.3, -0.25) is 0 Å². The van der Waals surface area contributed by atoms with E-state index in [1.807, 2.05) is 6.07 Å². The van der Waals surface area contributed by atoms with Gasteiger partial charge in [0.05, 0.1) is 11.3 Å². The number of benzene rings is 1. The minimum Gasteiger partial charge on any atom is -0.398 e. The lowest BCUT2D eigenvalue weighted by Gasteiger charge is -2.43. The normalized spacial score (nSPS) is 21.2. The molecule has 5 heteroatoms. The second kappa shape index (κ2) is 8.86. The first kappa shape index (κ1) is 21.6. The monoisotopic (exact) mass is 417 g/mol. The van der Waals surface area contributed by atoms with Gasteiger partial charge in [-0.1, -0.05) is 33.8 Å². The van der Waals surface area contributed by atoms with E-state index in [1.165, 1.54) is 29.1 Å². The number of rotatable bonds is 6. The third-order valence-electron chi connectivity index (χ3n) is 7.48.